The van der Waals surface area contributed by atoms with E-state index in [9.17, 15) is 0 Å². The Bertz CT molecular complexity index is 244. The first-order chi connectivity index (χ1) is 8.19. The maximum atomic E-state index is 5.86. The van der Waals surface area contributed by atoms with Crippen LogP contribution < -0.4 is 5.32 Å². The van der Waals surface area contributed by atoms with Gasteiger partial charge in [-0.3, -0.25) is 0 Å². The van der Waals surface area contributed by atoms with Crippen molar-refractivity contribution < 1.29 is 9.47 Å². The van der Waals surface area contributed by atoms with Crippen LogP contribution in [-0.2, 0) is 9.47 Å². The highest BCUT2D eigenvalue weighted by Crippen LogP contribution is 2.41. The summed E-state index contributed by atoms with van der Waals surface area (Å²) in [6, 6.07) is 0.604. The standard InChI is InChI=1S/C13H25NO2S/c1-4-10(2)17-12-9-13(15-7-8-16-13)6-5-11(12)14-3/h10-12,14H,4-9H2,1-3H3. The predicted molar refractivity (Wildman–Crippen MR) is 72.5 cm³/mol. The smallest absolute Gasteiger partial charge is 0.169 e. The van der Waals surface area contributed by atoms with Crippen LogP contribution in [0, 0.1) is 0 Å². The van der Waals surface area contributed by atoms with E-state index in [1.807, 2.05) is 0 Å². The van der Waals surface area contributed by atoms with Crippen molar-refractivity contribution in [2.45, 2.75) is 61.9 Å². The van der Waals surface area contributed by atoms with Crippen LogP contribution in [0.15, 0.2) is 0 Å². The van der Waals surface area contributed by atoms with Crippen LogP contribution in [0.3, 0.4) is 0 Å². The van der Waals surface area contributed by atoms with E-state index in [1.54, 1.807) is 0 Å². The lowest BCUT2D eigenvalue weighted by Gasteiger charge is -2.41. The van der Waals surface area contributed by atoms with Gasteiger partial charge in [0.25, 0.3) is 0 Å². The lowest BCUT2D eigenvalue weighted by molar-refractivity contribution is -0.177. The highest BCUT2D eigenvalue weighted by Gasteiger charge is 2.45. The van der Waals surface area contributed by atoms with Crippen LogP contribution in [0.1, 0.15) is 39.5 Å². The van der Waals surface area contributed by atoms with Crippen molar-refractivity contribution in [2.24, 2.45) is 0 Å². The minimum atomic E-state index is -0.252. The van der Waals surface area contributed by atoms with Gasteiger partial charge in [-0.2, -0.15) is 11.8 Å². The number of ether oxygens (including phenoxy) is 2. The van der Waals surface area contributed by atoms with Crippen LogP contribution in [0.25, 0.3) is 0 Å². The number of hydrogen-bond donors (Lipinski definition) is 1. The van der Waals surface area contributed by atoms with Gasteiger partial charge < -0.3 is 14.8 Å². The third-order valence-electron chi connectivity index (χ3n) is 3.96. The maximum absolute atomic E-state index is 5.86. The molecule has 0 bridgehead atoms. The minimum Gasteiger partial charge on any atom is -0.347 e. The van der Waals surface area contributed by atoms with Crippen molar-refractivity contribution in [3.63, 3.8) is 0 Å². The summed E-state index contributed by atoms with van der Waals surface area (Å²) >= 11 is 2.09. The van der Waals surface area contributed by atoms with E-state index in [0.29, 0.717) is 16.5 Å². The molecule has 2 aliphatic rings. The molecule has 3 nitrogen and oxygen atoms in total. The third kappa shape index (κ3) is 3.16. The largest absolute Gasteiger partial charge is 0.347 e. The highest BCUT2D eigenvalue weighted by molar-refractivity contribution is 8.00. The van der Waals surface area contributed by atoms with Gasteiger partial charge in [-0.25, -0.2) is 0 Å². The number of thioether (sulfide) groups is 1. The first-order valence-corrected chi connectivity index (χ1v) is 7.74. The zero-order chi connectivity index (χ0) is 12.3. The molecule has 1 aliphatic heterocycles. The summed E-state index contributed by atoms with van der Waals surface area (Å²) in [4.78, 5) is 0. The second-order valence-corrected chi connectivity index (χ2v) is 6.82. The highest BCUT2D eigenvalue weighted by atomic mass is 32.2. The topological polar surface area (TPSA) is 30.5 Å². The molecule has 2 fully saturated rings. The van der Waals surface area contributed by atoms with Crippen molar-refractivity contribution in [1.82, 2.24) is 5.32 Å². The van der Waals surface area contributed by atoms with Gasteiger partial charge in [0.1, 0.15) is 0 Å². The SMILES string of the molecule is CCC(C)SC1CC2(CCC1NC)OCCO2. The Morgan fingerprint density at radius 1 is 1.41 bits per heavy atom. The quantitative estimate of drug-likeness (QED) is 0.840. The Kier molecular flexibility index (Phi) is 4.75. The lowest BCUT2D eigenvalue weighted by Crippen LogP contribution is -2.49. The Hall–Kier alpha value is 0.230. The van der Waals surface area contributed by atoms with Crippen LogP contribution in [0.4, 0.5) is 0 Å². The second-order valence-electron chi connectivity index (χ2n) is 5.14. The molecule has 1 saturated heterocycles. The van der Waals surface area contributed by atoms with E-state index in [0.717, 1.165) is 32.5 Å². The fourth-order valence-electron chi connectivity index (χ4n) is 2.74. The zero-order valence-corrected chi connectivity index (χ0v) is 12.0. The summed E-state index contributed by atoms with van der Waals surface area (Å²) in [6.07, 6.45) is 4.46. The Labute approximate surface area is 109 Å². The first-order valence-electron chi connectivity index (χ1n) is 6.80. The van der Waals surface area contributed by atoms with Gasteiger partial charge in [0.05, 0.1) is 13.2 Å². The van der Waals surface area contributed by atoms with Crippen LogP contribution >= 0.6 is 11.8 Å². The van der Waals surface area contributed by atoms with Crippen molar-refractivity contribution in [2.75, 3.05) is 20.3 Å². The molecule has 3 atom stereocenters. The molecule has 0 amide bonds. The molecule has 1 saturated carbocycles. The number of hydrogen-bond acceptors (Lipinski definition) is 4. The van der Waals surface area contributed by atoms with Gasteiger partial charge in [-0.15, -0.1) is 0 Å². The third-order valence-corrected chi connectivity index (χ3v) is 5.61. The Morgan fingerprint density at radius 3 is 2.71 bits per heavy atom. The number of nitrogens with one attached hydrogen (secondary N) is 1. The lowest BCUT2D eigenvalue weighted by atomic mass is 9.89. The van der Waals surface area contributed by atoms with Crippen molar-refractivity contribution >= 4 is 11.8 Å². The van der Waals surface area contributed by atoms with Gasteiger partial charge >= 0.3 is 0 Å². The average molecular weight is 259 g/mol. The summed E-state index contributed by atoms with van der Waals surface area (Å²) < 4.78 is 11.7. The van der Waals surface area contributed by atoms with Crippen LogP contribution in [-0.4, -0.2) is 42.6 Å². The molecule has 2 rings (SSSR count). The second kappa shape index (κ2) is 5.91. The summed E-state index contributed by atoms with van der Waals surface area (Å²) in [5.74, 6) is -0.252. The van der Waals surface area contributed by atoms with Crippen molar-refractivity contribution in [3.05, 3.63) is 0 Å². The van der Waals surface area contributed by atoms with Gasteiger partial charge in [0, 0.05) is 29.4 Å². The van der Waals surface area contributed by atoms with Crippen molar-refractivity contribution in [1.29, 1.82) is 0 Å². The van der Waals surface area contributed by atoms with E-state index in [-0.39, 0.29) is 5.79 Å². The van der Waals surface area contributed by atoms with Gasteiger partial charge in [0.15, 0.2) is 5.79 Å². The van der Waals surface area contributed by atoms with Crippen molar-refractivity contribution in [3.8, 4) is 0 Å². The van der Waals surface area contributed by atoms with Gasteiger partial charge in [-0.1, -0.05) is 13.8 Å². The first kappa shape index (κ1) is 13.7. The Balaban J connectivity index is 1.98. The molecule has 0 aromatic rings. The summed E-state index contributed by atoms with van der Waals surface area (Å²) in [7, 11) is 2.07. The normalized spacial score (nSPS) is 34.1. The molecule has 1 aliphatic carbocycles. The molecule has 17 heavy (non-hydrogen) atoms. The molecule has 1 heterocycles. The van der Waals surface area contributed by atoms with E-state index < -0.39 is 0 Å². The van der Waals surface area contributed by atoms with E-state index in [4.69, 9.17) is 9.47 Å². The molecular weight excluding hydrogens is 234 g/mol. The predicted octanol–water partition coefficient (Wildman–Crippen LogP) is 2.40. The molecule has 4 heteroatoms. The molecule has 0 aromatic heterocycles. The molecule has 1 spiro atoms. The molecular formula is C13H25NO2S. The molecule has 0 radical (unpaired) electrons. The van der Waals surface area contributed by atoms with E-state index in [1.165, 1.54) is 6.42 Å². The van der Waals surface area contributed by atoms with Gasteiger partial charge in [0.2, 0.25) is 0 Å². The maximum Gasteiger partial charge on any atom is 0.169 e. The monoisotopic (exact) mass is 259 g/mol. The molecule has 3 unspecified atom stereocenters. The summed E-state index contributed by atoms with van der Waals surface area (Å²) in [5, 5.41) is 4.79. The molecule has 100 valence electrons. The summed E-state index contributed by atoms with van der Waals surface area (Å²) in [5.41, 5.74) is 0. The van der Waals surface area contributed by atoms with E-state index in [2.05, 4.69) is 38.0 Å². The van der Waals surface area contributed by atoms with Crippen LogP contribution in [0.5, 0.6) is 0 Å². The molecule has 1 N–H and O–H groups in total. The fraction of sp³-hybridized carbons (Fsp3) is 1.00. The Morgan fingerprint density at radius 2 is 2.12 bits per heavy atom. The van der Waals surface area contributed by atoms with Crippen LogP contribution in [0.2, 0.25) is 0 Å². The van der Waals surface area contributed by atoms with E-state index >= 15 is 0 Å². The van der Waals surface area contributed by atoms with Gasteiger partial charge in [-0.05, 0) is 19.9 Å². The average Bonchev–Trinajstić information content (AvgIpc) is 2.78. The minimum absolute atomic E-state index is 0.252. The summed E-state index contributed by atoms with van der Waals surface area (Å²) in [6.45, 7) is 6.11. The zero-order valence-electron chi connectivity index (χ0n) is 11.2. The number of rotatable bonds is 4. The fourth-order valence-corrected chi connectivity index (χ4v) is 4.34. The molecule has 0 aromatic carbocycles.